The summed E-state index contributed by atoms with van der Waals surface area (Å²) in [5, 5.41) is 0. The first-order valence-corrected chi connectivity index (χ1v) is 11.6. The van der Waals surface area contributed by atoms with Crippen LogP contribution in [0.25, 0.3) is 11.4 Å². The van der Waals surface area contributed by atoms with Gasteiger partial charge in [-0.2, -0.15) is 0 Å². The first kappa shape index (κ1) is 20.8. The van der Waals surface area contributed by atoms with Gasteiger partial charge in [-0.15, -0.1) is 11.8 Å². The summed E-state index contributed by atoms with van der Waals surface area (Å²) >= 11 is 1.64. The standard InChI is InChI=1S/C25H27N3OS/c1-18-8-3-4-10-21(18)25-26-14-19(15-27-25)16-28-13-7-9-20(17-28)24(29)22-11-5-6-12-23(22)30-2/h3-6,8,10-12,14-15,20H,7,9,13,16-17H2,1-2H3. The Morgan fingerprint density at radius 2 is 1.83 bits per heavy atom. The van der Waals surface area contributed by atoms with Crippen LogP contribution in [0.3, 0.4) is 0 Å². The Morgan fingerprint density at radius 3 is 2.60 bits per heavy atom. The van der Waals surface area contributed by atoms with Crippen molar-refractivity contribution in [3.8, 4) is 11.4 Å². The minimum absolute atomic E-state index is 0.0548. The molecule has 1 aliphatic rings. The fraction of sp³-hybridized carbons (Fsp3) is 0.320. The summed E-state index contributed by atoms with van der Waals surface area (Å²) in [5.74, 6) is 1.09. The van der Waals surface area contributed by atoms with Crippen molar-refractivity contribution in [1.29, 1.82) is 0 Å². The van der Waals surface area contributed by atoms with E-state index in [-0.39, 0.29) is 11.7 Å². The molecule has 0 amide bonds. The van der Waals surface area contributed by atoms with E-state index >= 15 is 0 Å². The number of Topliss-reactive ketones (excluding diaryl/α,β-unsaturated/α-hetero) is 1. The zero-order valence-corrected chi connectivity index (χ0v) is 18.4. The summed E-state index contributed by atoms with van der Waals surface area (Å²) in [7, 11) is 0. The van der Waals surface area contributed by atoms with Crippen LogP contribution in [0.2, 0.25) is 0 Å². The highest BCUT2D eigenvalue weighted by molar-refractivity contribution is 7.98. The Balaban J connectivity index is 1.43. The highest BCUT2D eigenvalue weighted by Gasteiger charge is 2.27. The lowest BCUT2D eigenvalue weighted by molar-refractivity contribution is 0.0808. The lowest BCUT2D eigenvalue weighted by atomic mass is 9.90. The summed E-state index contributed by atoms with van der Waals surface area (Å²) in [4.78, 5) is 25.8. The smallest absolute Gasteiger partial charge is 0.168 e. The normalized spacial score (nSPS) is 17.1. The fourth-order valence-electron chi connectivity index (χ4n) is 4.14. The number of carbonyl (C=O) groups excluding carboxylic acids is 1. The molecule has 0 spiro atoms. The van der Waals surface area contributed by atoms with Gasteiger partial charge in [0, 0.05) is 53.0 Å². The second-order valence-corrected chi connectivity index (χ2v) is 8.72. The molecule has 0 radical (unpaired) electrons. The molecule has 4 rings (SSSR count). The average Bonchev–Trinajstić information content (AvgIpc) is 2.80. The second-order valence-electron chi connectivity index (χ2n) is 7.87. The third-order valence-electron chi connectivity index (χ3n) is 5.75. The van der Waals surface area contributed by atoms with Gasteiger partial charge in [0.1, 0.15) is 0 Å². The molecule has 1 aliphatic heterocycles. The van der Waals surface area contributed by atoms with Gasteiger partial charge in [-0.1, -0.05) is 42.5 Å². The molecule has 1 fully saturated rings. The number of thioether (sulfide) groups is 1. The van der Waals surface area contributed by atoms with Gasteiger partial charge >= 0.3 is 0 Å². The molecule has 0 bridgehead atoms. The number of nitrogens with zero attached hydrogens (tertiary/aromatic N) is 3. The third kappa shape index (κ3) is 4.63. The number of carbonyl (C=O) groups is 1. The minimum atomic E-state index is 0.0548. The number of aromatic nitrogens is 2. The van der Waals surface area contributed by atoms with Crippen molar-refractivity contribution in [2.45, 2.75) is 31.2 Å². The van der Waals surface area contributed by atoms with E-state index in [4.69, 9.17) is 0 Å². The van der Waals surface area contributed by atoms with Crippen molar-refractivity contribution >= 4 is 17.5 Å². The van der Waals surface area contributed by atoms with Crippen LogP contribution in [0.15, 0.2) is 65.8 Å². The van der Waals surface area contributed by atoms with Crippen LogP contribution < -0.4 is 0 Å². The molecular formula is C25H27N3OS. The van der Waals surface area contributed by atoms with Crippen LogP contribution >= 0.6 is 11.8 Å². The summed E-state index contributed by atoms with van der Waals surface area (Å²) in [6, 6.07) is 16.1. The summed E-state index contributed by atoms with van der Waals surface area (Å²) in [5.41, 5.74) is 4.20. The van der Waals surface area contributed by atoms with E-state index < -0.39 is 0 Å². The monoisotopic (exact) mass is 417 g/mol. The van der Waals surface area contributed by atoms with Gasteiger partial charge in [0.15, 0.2) is 11.6 Å². The van der Waals surface area contributed by atoms with Gasteiger partial charge < -0.3 is 0 Å². The third-order valence-corrected chi connectivity index (χ3v) is 6.54. The highest BCUT2D eigenvalue weighted by Crippen LogP contribution is 2.27. The molecule has 2 aromatic carbocycles. The Morgan fingerprint density at radius 1 is 1.10 bits per heavy atom. The molecule has 30 heavy (non-hydrogen) atoms. The molecule has 5 heteroatoms. The molecule has 1 atom stereocenters. The molecular weight excluding hydrogens is 390 g/mol. The molecule has 154 valence electrons. The van der Waals surface area contributed by atoms with Crippen molar-refractivity contribution in [3.05, 3.63) is 77.6 Å². The Hall–Kier alpha value is -2.50. The van der Waals surface area contributed by atoms with Crippen LogP contribution in [0.4, 0.5) is 0 Å². The number of hydrogen-bond donors (Lipinski definition) is 0. The predicted molar refractivity (Wildman–Crippen MR) is 123 cm³/mol. The van der Waals surface area contributed by atoms with Crippen molar-refractivity contribution in [1.82, 2.24) is 14.9 Å². The Bertz CT molecular complexity index is 1020. The quantitative estimate of drug-likeness (QED) is 0.404. The van der Waals surface area contributed by atoms with E-state index in [0.717, 1.165) is 59.9 Å². The van der Waals surface area contributed by atoms with Crippen molar-refractivity contribution in [2.75, 3.05) is 19.3 Å². The molecule has 3 aromatic rings. The van der Waals surface area contributed by atoms with Crippen LogP contribution in [0, 0.1) is 12.8 Å². The lowest BCUT2D eigenvalue weighted by Gasteiger charge is -2.32. The SMILES string of the molecule is CSc1ccccc1C(=O)C1CCCN(Cc2cnc(-c3ccccc3C)nc2)C1. The van der Waals surface area contributed by atoms with E-state index in [0.29, 0.717) is 0 Å². The van der Waals surface area contributed by atoms with E-state index in [9.17, 15) is 4.79 Å². The number of likely N-dealkylation sites (tertiary alicyclic amines) is 1. The van der Waals surface area contributed by atoms with Crippen molar-refractivity contribution < 1.29 is 4.79 Å². The largest absolute Gasteiger partial charge is 0.298 e. The maximum atomic E-state index is 13.1. The van der Waals surface area contributed by atoms with Crippen LogP contribution in [-0.4, -0.2) is 40.0 Å². The fourth-order valence-corrected chi connectivity index (χ4v) is 4.74. The topological polar surface area (TPSA) is 46.1 Å². The summed E-state index contributed by atoms with van der Waals surface area (Å²) in [6.45, 7) is 4.66. The van der Waals surface area contributed by atoms with E-state index in [2.05, 4.69) is 33.9 Å². The first-order valence-electron chi connectivity index (χ1n) is 10.4. The lowest BCUT2D eigenvalue weighted by Crippen LogP contribution is -2.38. The maximum absolute atomic E-state index is 13.1. The Kier molecular flexibility index (Phi) is 6.60. The number of aryl methyl sites for hydroxylation is 1. The van der Waals surface area contributed by atoms with Crippen molar-refractivity contribution in [2.24, 2.45) is 5.92 Å². The number of hydrogen-bond acceptors (Lipinski definition) is 5. The van der Waals surface area contributed by atoms with Crippen LogP contribution in [0.1, 0.15) is 34.3 Å². The van der Waals surface area contributed by atoms with E-state index in [1.54, 1.807) is 11.8 Å². The molecule has 4 nitrogen and oxygen atoms in total. The first-order chi connectivity index (χ1) is 14.7. The maximum Gasteiger partial charge on any atom is 0.168 e. The molecule has 1 aromatic heterocycles. The van der Waals surface area contributed by atoms with Gasteiger partial charge in [0.25, 0.3) is 0 Å². The molecule has 1 saturated heterocycles. The number of rotatable bonds is 6. The zero-order chi connectivity index (χ0) is 20.9. The van der Waals surface area contributed by atoms with E-state index in [1.165, 1.54) is 5.56 Å². The van der Waals surface area contributed by atoms with Gasteiger partial charge in [-0.05, 0) is 44.2 Å². The minimum Gasteiger partial charge on any atom is -0.298 e. The van der Waals surface area contributed by atoms with Gasteiger partial charge in [0.2, 0.25) is 0 Å². The number of ketones is 1. The molecule has 0 saturated carbocycles. The zero-order valence-electron chi connectivity index (χ0n) is 17.5. The molecule has 0 aliphatic carbocycles. The summed E-state index contributed by atoms with van der Waals surface area (Å²) < 4.78 is 0. The Labute approximate surface area is 182 Å². The number of piperidine rings is 1. The molecule has 2 heterocycles. The highest BCUT2D eigenvalue weighted by atomic mass is 32.2. The van der Waals surface area contributed by atoms with Crippen LogP contribution in [0.5, 0.6) is 0 Å². The molecule has 0 N–H and O–H groups in total. The summed E-state index contributed by atoms with van der Waals surface area (Å²) in [6.07, 6.45) is 7.87. The molecule has 1 unspecified atom stereocenters. The average molecular weight is 418 g/mol. The number of benzene rings is 2. The van der Waals surface area contributed by atoms with Crippen molar-refractivity contribution in [3.63, 3.8) is 0 Å². The van der Waals surface area contributed by atoms with E-state index in [1.807, 2.05) is 55.0 Å². The predicted octanol–water partition coefficient (Wildman–Crippen LogP) is 5.27. The van der Waals surface area contributed by atoms with Crippen LogP contribution in [-0.2, 0) is 6.54 Å². The van der Waals surface area contributed by atoms with Gasteiger partial charge in [0.05, 0.1) is 0 Å². The second kappa shape index (κ2) is 9.54. The van der Waals surface area contributed by atoms with Gasteiger partial charge in [-0.3, -0.25) is 9.69 Å². The van der Waals surface area contributed by atoms with Gasteiger partial charge in [-0.25, -0.2) is 9.97 Å².